The molecular formula is C21H23ClNNaO6. The van der Waals surface area contributed by atoms with E-state index < -0.39 is 24.3 Å². The number of amides is 1. The first-order chi connectivity index (χ1) is 14.0. The van der Waals surface area contributed by atoms with Crippen molar-refractivity contribution >= 4 is 29.6 Å². The van der Waals surface area contributed by atoms with Gasteiger partial charge in [0.25, 0.3) is 0 Å². The number of alkyl carbamates (subject to hydrolysis) is 1. The second-order valence-corrected chi connectivity index (χ2v) is 6.41. The van der Waals surface area contributed by atoms with Gasteiger partial charge in [-0.15, -0.1) is 0 Å². The third-order valence-electron chi connectivity index (χ3n) is 3.69. The largest absolute Gasteiger partial charge is 1.00 e. The molecule has 0 heterocycles. The Kier molecular flexibility index (Phi) is 12.2. The Morgan fingerprint density at radius 1 is 1.03 bits per heavy atom. The van der Waals surface area contributed by atoms with E-state index in [0.717, 1.165) is 0 Å². The van der Waals surface area contributed by atoms with Gasteiger partial charge in [-0.1, -0.05) is 36.7 Å². The van der Waals surface area contributed by atoms with Gasteiger partial charge in [-0.05, 0) is 42.8 Å². The molecule has 1 N–H and O–H groups in total. The van der Waals surface area contributed by atoms with E-state index in [-0.39, 0.29) is 43.9 Å². The van der Waals surface area contributed by atoms with Crippen LogP contribution in [0.1, 0.15) is 38.0 Å². The summed E-state index contributed by atoms with van der Waals surface area (Å²) in [6.07, 6.45) is -0.952. The average Bonchev–Trinajstić information content (AvgIpc) is 2.73. The van der Waals surface area contributed by atoms with E-state index in [4.69, 9.17) is 25.8 Å². The van der Waals surface area contributed by atoms with Gasteiger partial charge in [-0.25, -0.2) is 9.59 Å². The van der Waals surface area contributed by atoms with Crippen LogP contribution in [0.5, 0.6) is 5.75 Å². The molecule has 0 radical (unpaired) electrons. The summed E-state index contributed by atoms with van der Waals surface area (Å²) in [4.78, 5) is 35.6. The van der Waals surface area contributed by atoms with E-state index in [1.165, 1.54) is 0 Å². The summed E-state index contributed by atoms with van der Waals surface area (Å²) in [7, 11) is 0. The number of benzene rings is 2. The fourth-order valence-electron chi connectivity index (χ4n) is 2.22. The molecular weight excluding hydrogens is 421 g/mol. The van der Waals surface area contributed by atoms with Gasteiger partial charge >= 0.3 is 47.6 Å². The van der Waals surface area contributed by atoms with Crippen LogP contribution in [0.3, 0.4) is 0 Å². The molecule has 0 saturated heterocycles. The zero-order valence-corrected chi connectivity index (χ0v) is 19.7. The summed E-state index contributed by atoms with van der Waals surface area (Å²) in [6.45, 7) is 1.93. The van der Waals surface area contributed by atoms with E-state index in [0.29, 0.717) is 29.2 Å². The first-order valence-corrected chi connectivity index (χ1v) is 9.52. The molecule has 2 rings (SSSR count). The normalized spacial score (nSPS) is 10.9. The van der Waals surface area contributed by atoms with Gasteiger partial charge < -0.3 is 21.0 Å². The van der Waals surface area contributed by atoms with Crippen LogP contribution in [-0.4, -0.2) is 30.9 Å². The maximum Gasteiger partial charge on any atom is 1.00 e. The van der Waals surface area contributed by atoms with Crippen molar-refractivity contribution in [1.82, 2.24) is 5.32 Å². The molecule has 0 saturated carbocycles. The minimum Gasteiger partial charge on any atom is -1.00 e. The Morgan fingerprint density at radius 2 is 1.70 bits per heavy atom. The van der Waals surface area contributed by atoms with Crippen molar-refractivity contribution in [1.29, 1.82) is 0 Å². The summed E-state index contributed by atoms with van der Waals surface area (Å²) in [5.41, 5.74) is 0.370. The molecule has 1 amide bonds. The number of carbonyl (C=O) groups is 3. The molecule has 0 aliphatic heterocycles. The number of ether oxygens (including phenoxy) is 3. The van der Waals surface area contributed by atoms with Gasteiger partial charge in [-0.2, -0.15) is 0 Å². The van der Waals surface area contributed by atoms with Gasteiger partial charge in [0.2, 0.25) is 6.29 Å². The van der Waals surface area contributed by atoms with Gasteiger partial charge in [0.15, 0.2) is 0 Å². The smallest absolute Gasteiger partial charge is 1.00 e. The van der Waals surface area contributed by atoms with Crippen molar-refractivity contribution in [3.05, 3.63) is 65.2 Å². The topological polar surface area (TPSA) is 90.9 Å². The SMILES string of the molecule is CCC(OC(=O)NCCCC(=O)Oc1ccc(Cl)cc1)OC(=O)c1ccccc1.[H-].[Na+]. The molecule has 156 valence electrons. The Balaban J connectivity index is 0.00000450. The summed E-state index contributed by atoms with van der Waals surface area (Å²) >= 11 is 5.77. The third-order valence-corrected chi connectivity index (χ3v) is 3.94. The molecule has 0 aliphatic rings. The zero-order chi connectivity index (χ0) is 21.1. The molecule has 30 heavy (non-hydrogen) atoms. The summed E-state index contributed by atoms with van der Waals surface area (Å²) < 4.78 is 15.4. The number of hydrogen-bond donors (Lipinski definition) is 1. The molecule has 0 spiro atoms. The van der Waals surface area contributed by atoms with Crippen molar-refractivity contribution in [3.63, 3.8) is 0 Å². The first-order valence-electron chi connectivity index (χ1n) is 9.14. The molecule has 0 bridgehead atoms. The van der Waals surface area contributed by atoms with Crippen molar-refractivity contribution in [2.45, 2.75) is 32.5 Å². The van der Waals surface area contributed by atoms with Crippen molar-refractivity contribution in [2.75, 3.05) is 6.54 Å². The second kappa shape index (κ2) is 14.0. The van der Waals surface area contributed by atoms with Crippen LogP contribution >= 0.6 is 11.6 Å². The van der Waals surface area contributed by atoms with Crippen LogP contribution in [0.15, 0.2) is 54.6 Å². The second-order valence-electron chi connectivity index (χ2n) is 5.97. The molecule has 0 aliphatic carbocycles. The van der Waals surface area contributed by atoms with E-state index >= 15 is 0 Å². The molecule has 2 aromatic carbocycles. The molecule has 0 fully saturated rings. The van der Waals surface area contributed by atoms with Gasteiger partial charge in [0.05, 0.1) is 5.56 Å². The van der Waals surface area contributed by atoms with E-state index in [9.17, 15) is 14.4 Å². The van der Waals surface area contributed by atoms with Gasteiger partial charge in [-0.3, -0.25) is 4.79 Å². The van der Waals surface area contributed by atoms with Gasteiger partial charge in [0, 0.05) is 24.4 Å². The zero-order valence-electron chi connectivity index (χ0n) is 17.9. The molecule has 1 unspecified atom stereocenters. The molecule has 7 nitrogen and oxygen atoms in total. The minimum absolute atomic E-state index is 0. The number of rotatable bonds is 9. The van der Waals surface area contributed by atoms with Crippen LogP contribution in [0.2, 0.25) is 5.02 Å². The van der Waals surface area contributed by atoms with E-state index in [1.807, 2.05) is 0 Å². The quantitative estimate of drug-likeness (QED) is 0.207. The number of nitrogens with one attached hydrogen (secondary N) is 1. The predicted octanol–water partition coefficient (Wildman–Crippen LogP) is 1.46. The molecule has 2 aromatic rings. The Morgan fingerprint density at radius 3 is 2.33 bits per heavy atom. The standard InChI is InChI=1S/C21H22ClNO6.Na.H/c1-2-19(28-20(25)15-7-4-3-5-8-15)29-21(26)23-14-6-9-18(24)27-17-12-10-16(22)11-13-17;;/h3-5,7-8,10-13,19H,2,6,9,14H2,1H3,(H,23,26);;/q;+1;-1. The van der Waals surface area contributed by atoms with E-state index in [2.05, 4.69) is 5.32 Å². The van der Waals surface area contributed by atoms with Crippen LogP contribution in [-0.2, 0) is 14.3 Å². The molecule has 1 atom stereocenters. The predicted molar refractivity (Wildman–Crippen MR) is 108 cm³/mol. The first kappa shape index (κ1) is 26.0. The fourth-order valence-corrected chi connectivity index (χ4v) is 2.35. The maximum atomic E-state index is 12.0. The van der Waals surface area contributed by atoms with Crippen molar-refractivity contribution in [2.24, 2.45) is 0 Å². The van der Waals surface area contributed by atoms with Gasteiger partial charge in [0.1, 0.15) is 5.75 Å². The Hall–Kier alpha value is -2.06. The maximum absolute atomic E-state index is 12.0. The average molecular weight is 444 g/mol. The minimum atomic E-state index is -1.00. The Bertz CT molecular complexity index is 822. The van der Waals surface area contributed by atoms with Crippen LogP contribution < -0.4 is 39.6 Å². The Labute approximate surface area is 203 Å². The molecule has 9 heteroatoms. The number of halogens is 1. The molecule has 0 aromatic heterocycles. The number of hydrogen-bond acceptors (Lipinski definition) is 6. The van der Waals surface area contributed by atoms with Crippen LogP contribution in [0.25, 0.3) is 0 Å². The van der Waals surface area contributed by atoms with Crippen molar-refractivity contribution in [3.8, 4) is 5.75 Å². The van der Waals surface area contributed by atoms with Crippen LogP contribution in [0, 0.1) is 0 Å². The van der Waals surface area contributed by atoms with Crippen molar-refractivity contribution < 1.29 is 59.6 Å². The number of esters is 2. The van der Waals surface area contributed by atoms with Crippen LogP contribution in [0.4, 0.5) is 4.79 Å². The summed E-state index contributed by atoms with van der Waals surface area (Å²) in [5.74, 6) is -0.598. The monoisotopic (exact) mass is 443 g/mol. The van der Waals surface area contributed by atoms with E-state index in [1.54, 1.807) is 61.5 Å². The third kappa shape index (κ3) is 9.63. The fraction of sp³-hybridized carbons (Fsp3) is 0.286. The summed E-state index contributed by atoms with van der Waals surface area (Å²) in [6, 6.07) is 14.9. The number of carbonyl (C=O) groups excluding carboxylic acids is 3. The summed E-state index contributed by atoms with van der Waals surface area (Å²) in [5, 5.41) is 3.06.